The number of amides is 6. The summed E-state index contributed by atoms with van der Waals surface area (Å²) in [6, 6.07) is 38.7. The van der Waals surface area contributed by atoms with Crippen molar-refractivity contribution < 1.29 is 43.0 Å². The predicted molar refractivity (Wildman–Crippen MR) is 353 cm³/mol. The topological polar surface area (TPSA) is 202 Å². The Morgan fingerprint density at radius 3 is 0.833 bits per heavy atom. The van der Waals surface area contributed by atoms with Crippen molar-refractivity contribution in [3.8, 4) is 17.2 Å². The molecule has 6 aromatic carbocycles. The van der Waals surface area contributed by atoms with Crippen LogP contribution in [0.15, 0.2) is 127 Å². The lowest BCUT2D eigenvalue weighted by atomic mass is 9.72. The average molecular weight is 1220 g/mol. The minimum atomic E-state index is -0.550. The number of fused-ring (bicyclic) bond motifs is 12. The highest BCUT2D eigenvalue weighted by Crippen LogP contribution is 2.43. The molecular formula is C75H90N6O9. The lowest BCUT2D eigenvalue weighted by Gasteiger charge is -2.39. The van der Waals surface area contributed by atoms with Crippen LogP contribution < -0.4 is 46.1 Å². The average Bonchev–Trinajstić information content (AvgIpc) is 1.79. The smallest absolute Gasteiger partial charge is 0.255 e. The second kappa shape index (κ2) is 29.0. The second-order valence-electron chi connectivity index (χ2n) is 26.2. The molecule has 474 valence electrons. The molecule has 1 heterocycles. The van der Waals surface area contributed by atoms with Gasteiger partial charge in [-0.3, -0.25) is 28.8 Å². The maximum Gasteiger partial charge on any atom is 0.255 e. The van der Waals surface area contributed by atoms with Crippen LogP contribution in [-0.4, -0.2) is 53.6 Å². The summed E-state index contributed by atoms with van der Waals surface area (Å²) in [5.41, 5.74) is 6.88. The summed E-state index contributed by atoms with van der Waals surface area (Å²) in [5.74, 6) is -3.21. The molecule has 4 aliphatic rings. The molecule has 1 aliphatic heterocycles. The summed E-state index contributed by atoms with van der Waals surface area (Å²) in [5, 5.41) is 19.8. The number of benzene rings is 6. The Morgan fingerprint density at radius 2 is 0.589 bits per heavy atom. The summed E-state index contributed by atoms with van der Waals surface area (Å²) in [6.07, 6.45) is 4.55. The monoisotopic (exact) mass is 1220 g/mol. The van der Waals surface area contributed by atoms with E-state index >= 15 is 28.8 Å². The third kappa shape index (κ3) is 15.1. The molecule has 12 atom stereocenters. The van der Waals surface area contributed by atoms with Gasteiger partial charge in [-0.05, 0) is 163 Å². The van der Waals surface area contributed by atoms with Crippen LogP contribution in [0.5, 0.6) is 17.2 Å². The van der Waals surface area contributed by atoms with Crippen LogP contribution in [0.3, 0.4) is 0 Å². The van der Waals surface area contributed by atoms with Crippen molar-refractivity contribution in [3.63, 3.8) is 0 Å². The molecule has 15 heteroatoms. The van der Waals surface area contributed by atoms with E-state index in [1.54, 1.807) is 0 Å². The molecule has 0 radical (unpaired) electrons. The molecule has 3 aliphatic carbocycles. The van der Waals surface area contributed by atoms with E-state index in [2.05, 4.69) is 73.4 Å². The number of ether oxygens (including phenoxy) is 3. The number of hydrogen-bond acceptors (Lipinski definition) is 9. The largest absolute Gasteiger partial charge is 0.486 e. The van der Waals surface area contributed by atoms with E-state index in [0.29, 0.717) is 74.8 Å². The molecule has 10 rings (SSSR count). The maximum absolute atomic E-state index is 15.2. The number of rotatable bonds is 12. The van der Waals surface area contributed by atoms with Crippen molar-refractivity contribution in [1.29, 1.82) is 0 Å². The minimum Gasteiger partial charge on any atom is -0.486 e. The first-order valence-corrected chi connectivity index (χ1v) is 32.7. The van der Waals surface area contributed by atoms with Gasteiger partial charge in [0, 0.05) is 35.9 Å². The number of nitrogens with one attached hydrogen (secondary N) is 6. The molecule has 6 amide bonds. The first-order chi connectivity index (χ1) is 43.4. The molecule has 15 nitrogen and oxygen atoms in total. The van der Waals surface area contributed by atoms with Gasteiger partial charge in [0.25, 0.3) is 17.7 Å². The van der Waals surface area contributed by atoms with Gasteiger partial charge in [-0.25, -0.2) is 0 Å². The maximum atomic E-state index is 15.2. The fraction of sp³-hybridized carbons (Fsp3) is 0.440. The number of carbonyl (C=O) groups is 6. The van der Waals surface area contributed by atoms with Crippen LogP contribution in [-0.2, 0) is 53.5 Å². The van der Waals surface area contributed by atoms with Gasteiger partial charge in [-0.15, -0.1) is 0 Å². The van der Waals surface area contributed by atoms with E-state index < -0.39 is 53.6 Å². The quantitative estimate of drug-likeness (QED) is 0.0689. The van der Waals surface area contributed by atoms with Gasteiger partial charge < -0.3 is 46.1 Å². The first-order valence-electron chi connectivity index (χ1n) is 32.7. The molecule has 6 N–H and O–H groups in total. The number of aryl methyl sites for hydroxylation is 3. The molecule has 0 saturated heterocycles. The molecular weight excluding hydrogens is 1130 g/mol. The standard InChI is InChI=1S/C75H90N6O9/c1-10-49-31-58-67(88-40-52-22-16-13-17-23-52)64(34-49)79-70(82)55-37-62(47(8)28-43(55)4)77-74(86)59-32-50(11-2)36-66(68(59)89-41-53-24-18-14-19-25-53)81-72(84)57-39-63(48(9)30-45(57)6)78-75(87)60-33-51(12-3)35-65(69(60)90-42-54-26-20-15-21-27-54)80-71(83)56-38-61(76-73(58)85)46(7)29-44(56)5/h13-27,31-36,43-48,55-57,61-63H,10-12,28-30,37-42H2,1-9H3,(H,76,85)(H,77,86)(H,78,87)(H,79,82)(H,80,83)(H,81,84)/t43-,44-,45-,46+,47+,48+,55-,56-,57?,61+,62+,63+/m1/s1. The second-order valence-corrected chi connectivity index (χ2v) is 26.2. The lowest BCUT2D eigenvalue weighted by molar-refractivity contribution is -0.123. The van der Waals surface area contributed by atoms with Gasteiger partial charge in [0.15, 0.2) is 17.2 Å². The third-order valence-corrected chi connectivity index (χ3v) is 19.7. The van der Waals surface area contributed by atoms with Gasteiger partial charge in [-0.1, -0.05) is 153 Å². The number of anilines is 3. The Morgan fingerprint density at radius 1 is 0.333 bits per heavy atom. The summed E-state index contributed by atoms with van der Waals surface area (Å²) < 4.78 is 20.0. The molecule has 3 fully saturated rings. The van der Waals surface area contributed by atoms with Gasteiger partial charge in [-0.2, -0.15) is 0 Å². The fourth-order valence-corrected chi connectivity index (χ4v) is 14.2. The Balaban J connectivity index is 1.07. The van der Waals surface area contributed by atoms with Crippen LogP contribution in [0.1, 0.15) is 165 Å². The highest BCUT2D eigenvalue weighted by atomic mass is 16.5. The lowest BCUT2D eigenvalue weighted by Crippen LogP contribution is -2.48. The Bertz CT molecular complexity index is 3190. The zero-order valence-corrected chi connectivity index (χ0v) is 53.7. The van der Waals surface area contributed by atoms with Crippen molar-refractivity contribution in [1.82, 2.24) is 16.0 Å². The molecule has 3 saturated carbocycles. The third-order valence-electron chi connectivity index (χ3n) is 19.7. The van der Waals surface area contributed by atoms with Crippen LogP contribution in [0.2, 0.25) is 0 Å². The Labute approximate surface area is 531 Å². The Hall–Kier alpha value is -8.46. The summed E-state index contributed by atoms with van der Waals surface area (Å²) >= 11 is 0. The van der Waals surface area contributed by atoms with Crippen LogP contribution in [0.25, 0.3) is 0 Å². The van der Waals surface area contributed by atoms with Crippen LogP contribution in [0, 0.1) is 53.3 Å². The van der Waals surface area contributed by atoms with Gasteiger partial charge >= 0.3 is 0 Å². The molecule has 1 unspecified atom stereocenters. The minimum absolute atomic E-state index is 0.0155. The van der Waals surface area contributed by atoms with E-state index in [1.807, 2.05) is 148 Å². The summed E-state index contributed by atoms with van der Waals surface area (Å²) in [4.78, 5) is 90.9. The Kier molecular flexibility index (Phi) is 20.8. The van der Waals surface area contributed by atoms with Crippen LogP contribution in [0.4, 0.5) is 17.1 Å². The SMILES string of the molecule is CCc1cc2c(OCc3ccccc3)c(c1)C(=O)N[C@H]1C[C@@H](C(=O)Nc3cc(CC)cc(c3OCc3ccccc3)C(=O)N[C@H]3C[C@@H](C(=O)Nc4cc(CC)cc(c4OCc4ccccc4)C(=O)N[C@H]4CC(C(=O)N2)[C@H](C)C[C@@H]4C)[C@H](C)C[C@@H]3C)[C@H](C)C[C@@H]1C. The van der Waals surface area contributed by atoms with E-state index in [1.165, 1.54) is 0 Å². The fourth-order valence-electron chi connectivity index (χ4n) is 14.2. The van der Waals surface area contributed by atoms with E-state index in [-0.39, 0.29) is 107 Å². The van der Waals surface area contributed by atoms with Crippen LogP contribution >= 0.6 is 0 Å². The van der Waals surface area contributed by atoms with Gasteiger partial charge in [0.2, 0.25) is 17.7 Å². The van der Waals surface area contributed by atoms with Gasteiger partial charge in [0.1, 0.15) is 19.8 Å². The zero-order valence-electron chi connectivity index (χ0n) is 53.7. The van der Waals surface area contributed by atoms with Crippen molar-refractivity contribution >= 4 is 52.5 Å². The highest BCUT2D eigenvalue weighted by Gasteiger charge is 2.42. The van der Waals surface area contributed by atoms with E-state index in [9.17, 15) is 0 Å². The first kappa shape index (κ1) is 64.5. The molecule has 0 spiro atoms. The number of carbonyl (C=O) groups excluding carboxylic acids is 6. The number of hydrogen-bond donors (Lipinski definition) is 6. The highest BCUT2D eigenvalue weighted by molar-refractivity contribution is 6.05. The van der Waals surface area contributed by atoms with E-state index in [0.717, 1.165) is 33.4 Å². The summed E-state index contributed by atoms with van der Waals surface area (Å²) in [6.45, 7) is 18.8. The molecule has 6 aromatic rings. The normalized spacial score (nSPS) is 25.8. The molecule has 90 heavy (non-hydrogen) atoms. The van der Waals surface area contributed by atoms with Crippen molar-refractivity contribution in [2.24, 2.45) is 53.3 Å². The van der Waals surface area contributed by atoms with Gasteiger partial charge in [0.05, 0.1) is 33.8 Å². The van der Waals surface area contributed by atoms with Crippen molar-refractivity contribution in [2.45, 2.75) is 158 Å². The van der Waals surface area contributed by atoms with Crippen molar-refractivity contribution in [3.05, 3.63) is 177 Å². The van der Waals surface area contributed by atoms with Crippen molar-refractivity contribution in [2.75, 3.05) is 16.0 Å². The molecule has 12 bridgehead atoms. The summed E-state index contributed by atoms with van der Waals surface area (Å²) in [7, 11) is 0. The molecule has 0 aromatic heterocycles. The predicted octanol–water partition coefficient (Wildman–Crippen LogP) is 13.7. The van der Waals surface area contributed by atoms with E-state index in [4.69, 9.17) is 14.2 Å². The zero-order chi connectivity index (χ0) is 63.8.